The van der Waals surface area contributed by atoms with Crippen LogP contribution in [0.2, 0.25) is 13.1 Å². The fraction of sp³-hybridized carbons (Fsp3) is 0.560. The van der Waals surface area contributed by atoms with Gasteiger partial charge in [0.2, 0.25) is 5.91 Å². The highest BCUT2D eigenvalue weighted by atomic mass is 32.3. The normalized spacial score (nSPS) is 19.4. The zero-order valence-electron chi connectivity index (χ0n) is 38.1. The van der Waals surface area contributed by atoms with Crippen LogP contribution in [0.15, 0.2) is 84.9 Å². The minimum Gasteiger partial charge on any atom is -0.457 e. The molecule has 1 saturated heterocycles. The van der Waals surface area contributed by atoms with Gasteiger partial charge in [-0.2, -0.15) is 8.42 Å². The average molecular weight is 906 g/mol. The van der Waals surface area contributed by atoms with E-state index in [1.165, 1.54) is 32.7 Å². The van der Waals surface area contributed by atoms with E-state index in [1.54, 1.807) is 0 Å². The van der Waals surface area contributed by atoms with Gasteiger partial charge in [0.05, 0.1) is 12.2 Å². The third-order valence-electron chi connectivity index (χ3n) is 11.4. The highest BCUT2D eigenvalue weighted by molar-refractivity contribution is 7.80. The molecule has 0 aliphatic carbocycles. The van der Waals surface area contributed by atoms with Crippen LogP contribution in [0.5, 0.6) is 0 Å². The average Bonchev–Trinajstić information content (AvgIpc) is 3.23. The topological polar surface area (TPSA) is 147 Å². The maximum absolute atomic E-state index is 13.6. The summed E-state index contributed by atoms with van der Waals surface area (Å²) in [6.45, 7) is 9.23. The predicted molar refractivity (Wildman–Crippen MR) is 253 cm³/mol. The number of amides is 1. The van der Waals surface area contributed by atoms with Gasteiger partial charge in [-0.25, -0.2) is 4.18 Å². The Morgan fingerprint density at radius 2 is 1.17 bits per heavy atom. The fourth-order valence-corrected chi connectivity index (χ4v) is 9.47. The van der Waals surface area contributed by atoms with Crippen molar-refractivity contribution in [3.8, 4) is 0 Å². The number of aryl methyl sites for hydroxylation is 2. The Hall–Kier alpha value is -3.69. The fourth-order valence-electron chi connectivity index (χ4n) is 8.19. The van der Waals surface area contributed by atoms with Gasteiger partial charge in [0.1, 0.15) is 18.2 Å². The van der Waals surface area contributed by atoms with Crippen molar-refractivity contribution in [2.24, 2.45) is 0 Å². The quantitative estimate of drug-likeness (QED) is 0.0270. The minimum atomic E-state index is -5.06. The number of hydrogen-bond donors (Lipinski definition) is 2. The lowest BCUT2D eigenvalue weighted by Gasteiger charge is -2.46. The van der Waals surface area contributed by atoms with E-state index in [1.807, 2.05) is 33.9 Å². The van der Waals surface area contributed by atoms with Gasteiger partial charge in [-0.15, -0.1) is 0 Å². The molecule has 0 saturated carbocycles. The SMILES string of the molecule is C[SiH](C)OC1O[C@H](COC(C)(C)C)[C@@H](OS(=O)(=O)O)[C@H](OC(=O)CCCCCCCCc2ccc3ccccc3c2)[C@H]1NC(=O)CCCCCCCCc1ccc2ccccc2c1. The Labute approximate surface area is 377 Å². The van der Waals surface area contributed by atoms with Gasteiger partial charge >= 0.3 is 16.4 Å². The highest BCUT2D eigenvalue weighted by Gasteiger charge is 2.52. The van der Waals surface area contributed by atoms with E-state index in [-0.39, 0.29) is 25.4 Å². The number of fused-ring (bicyclic) bond motifs is 2. The molecule has 0 aromatic heterocycles. The first kappa shape index (κ1) is 50.3. The van der Waals surface area contributed by atoms with Crippen molar-refractivity contribution >= 4 is 52.9 Å². The Balaban J connectivity index is 1.12. The second-order valence-corrected chi connectivity index (χ2v) is 21.7. The first-order chi connectivity index (χ1) is 30.1. The molecule has 0 radical (unpaired) electrons. The molecule has 0 spiro atoms. The third kappa shape index (κ3) is 18.0. The second kappa shape index (κ2) is 25.1. The van der Waals surface area contributed by atoms with Gasteiger partial charge < -0.3 is 24.0 Å². The van der Waals surface area contributed by atoms with Gasteiger partial charge in [0, 0.05) is 12.8 Å². The number of hydrogen-bond acceptors (Lipinski definition) is 9. The summed E-state index contributed by atoms with van der Waals surface area (Å²) in [7, 11) is -6.89. The molecule has 11 nitrogen and oxygen atoms in total. The summed E-state index contributed by atoms with van der Waals surface area (Å²) in [6, 6.07) is 29.0. The number of unbranched alkanes of at least 4 members (excludes halogenated alkanes) is 10. The third-order valence-corrected chi connectivity index (χ3v) is 12.7. The summed E-state index contributed by atoms with van der Waals surface area (Å²) in [5.41, 5.74) is 2.04. The van der Waals surface area contributed by atoms with Crippen LogP contribution >= 0.6 is 0 Å². The predicted octanol–water partition coefficient (Wildman–Crippen LogP) is 10.4. The van der Waals surface area contributed by atoms with Gasteiger partial charge in [0.15, 0.2) is 21.4 Å². The number of ether oxygens (including phenoxy) is 3. The van der Waals surface area contributed by atoms with Crippen molar-refractivity contribution in [1.29, 1.82) is 0 Å². The lowest BCUT2D eigenvalue weighted by atomic mass is 9.96. The maximum Gasteiger partial charge on any atom is 0.397 e. The number of esters is 1. The Kier molecular flexibility index (Phi) is 20.1. The van der Waals surface area contributed by atoms with Gasteiger partial charge in [-0.05, 0) is 105 Å². The van der Waals surface area contributed by atoms with E-state index in [9.17, 15) is 22.6 Å². The maximum atomic E-state index is 13.6. The Morgan fingerprint density at radius 3 is 1.68 bits per heavy atom. The van der Waals surface area contributed by atoms with E-state index in [0.717, 1.165) is 77.0 Å². The van der Waals surface area contributed by atoms with E-state index in [4.69, 9.17) is 22.8 Å². The van der Waals surface area contributed by atoms with Crippen LogP contribution < -0.4 is 5.32 Å². The molecule has 1 aliphatic rings. The lowest BCUT2D eigenvalue weighted by Crippen LogP contribution is -2.67. The number of benzene rings is 4. The van der Waals surface area contributed by atoms with Crippen LogP contribution in [-0.2, 0) is 55.6 Å². The molecule has 5 atom stereocenters. The highest BCUT2D eigenvalue weighted by Crippen LogP contribution is 2.31. The molecule has 1 fully saturated rings. The van der Waals surface area contributed by atoms with E-state index >= 15 is 0 Å². The molecule has 1 aliphatic heterocycles. The summed E-state index contributed by atoms with van der Waals surface area (Å²) >= 11 is 0. The molecular formula is C50H71NO10SSi. The van der Waals surface area contributed by atoms with Crippen molar-refractivity contribution in [3.05, 3.63) is 96.1 Å². The molecule has 63 heavy (non-hydrogen) atoms. The Bertz CT molecular complexity index is 2140. The van der Waals surface area contributed by atoms with Crippen molar-refractivity contribution < 1.29 is 45.4 Å². The van der Waals surface area contributed by atoms with Crippen molar-refractivity contribution in [3.63, 3.8) is 0 Å². The molecule has 13 heteroatoms. The van der Waals surface area contributed by atoms with E-state index < -0.39 is 61.7 Å². The zero-order valence-corrected chi connectivity index (χ0v) is 40.1. The molecule has 2 N–H and O–H groups in total. The first-order valence-corrected chi connectivity index (χ1v) is 27.3. The second-order valence-electron chi connectivity index (χ2n) is 18.3. The van der Waals surface area contributed by atoms with Crippen molar-refractivity contribution in [2.45, 2.75) is 173 Å². The summed E-state index contributed by atoms with van der Waals surface area (Å²) in [5, 5.41) is 7.97. The standard InChI is InChI=1S/C50H71NO10SSi/c1-50(2,3)57-36-43-47(60-62(54,55)56)48(59-45(53)29-17-13-9-7-11-15-23-38-31-33-40-25-19-21-27-42(40)35-38)46(49(58-43)61-63(4)5)51-44(52)28-16-12-8-6-10-14-22-37-30-32-39-24-18-20-26-41(39)34-37/h18-21,24-27,30-35,43,46-49,63H,6-17,22-23,28-29,36H2,1-5H3,(H,51,52)(H,54,55,56)/t43-,46-,47-,48-,49?/m1/s1. The molecule has 4 aromatic rings. The van der Waals surface area contributed by atoms with E-state index in [0.29, 0.717) is 12.8 Å². The van der Waals surface area contributed by atoms with Crippen LogP contribution in [0.1, 0.15) is 122 Å². The number of carbonyl (C=O) groups excluding carboxylic acids is 2. The van der Waals surface area contributed by atoms with Crippen LogP contribution in [0.25, 0.3) is 21.5 Å². The summed E-state index contributed by atoms with van der Waals surface area (Å²) < 4.78 is 64.3. The molecule has 1 unspecified atom stereocenters. The molecule has 1 amide bonds. The largest absolute Gasteiger partial charge is 0.457 e. The monoisotopic (exact) mass is 905 g/mol. The molecule has 0 bridgehead atoms. The van der Waals surface area contributed by atoms with Crippen LogP contribution in [0, 0.1) is 0 Å². The van der Waals surface area contributed by atoms with E-state index in [2.05, 4.69) is 90.2 Å². The molecule has 1 heterocycles. The number of rotatable bonds is 26. The van der Waals surface area contributed by atoms with Gasteiger partial charge in [-0.3, -0.25) is 14.1 Å². The summed E-state index contributed by atoms with van der Waals surface area (Å²) in [5.74, 6) is -0.881. The molecule has 5 rings (SSSR count). The first-order valence-electron chi connectivity index (χ1n) is 23.2. The van der Waals surface area contributed by atoms with Gasteiger partial charge in [0.25, 0.3) is 0 Å². The minimum absolute atomic E-state index is 0.0869. The van der Waals surface area contributed by atoms with Gasteiger partial charge in [-0.1, -0.05) is 136 Å². The molecule has 4 aromatic carbocycles. The number of carbonyl (C=O) groups is 2. The van der Waals surface area contributed by atoms with Crippen molar-refractivity contribution in [2.75, 3.05) is 6.61 Å². The number of nitrogens with one attached hydrogen (secondary N) is 1. The summed E-state index contributed by atoms with van der Waals surface area (Å²) in [4.78, 5) is 27.1. The smallest absolute Gasteiger partial charge is 0.397 e. The zero-order chi connectivity index (χ0) is 45.2. The van der Waals surface area contributed by atoms with Crippen LogP contribution in [0.4, 0.5) is 0 Å². The lowest BCUT2D eigenvalue weighted by molar-refractivity contribution is -0.254. The van der Waals surface area contributed by atoms with Crippen molar-refractivity contribution in [1.82, 2.24) is 5.32 Å². The molecule has 346 valence electrons. The van der Waals surface area contributed by atoms with Crippen LogP contribution in [-0.4, -0.2) is 76.7 Å². The molecular weight excluding hydrogens is 835 g/mol. The Morgan fingerprint density at radius 1 is 0.683 bits per heavy atom. The van der Waals surface area contributed by atoms with Crippen LogP contribution in [0.3, 0.4) is 0 Å². The summed E-state index contributed by atoms with van der Waals surface area (Å²) in [6.07, 6.45) is 8.61.